The number of aromatic amines is 1. The fourth-order valence-electron chi connectivity index (χ4n) is 3.10. The van der Waals surface area contributed by atoms with Crippen molar-refractivity contribution in [3.8, 4) is 28.4 Å². The van der Waals surface area contributed by atoms with Crippen molar-refractivity contribution in [1.29, 1.82) is 0 Å². The lowest BCUT2D eigenvalue weighted by molar-refractivity contribution is -0.116. The fourth-order valence-corrected chi connectivity index (χ4v) is 4.03. The maximum absolute atomic E-state index is 12.7. The summed E-state index contributed by atoms with van der Waals surface area (Å²) in [5.41, 5.74) is 3.96. The third-order valence-electron chi connectivity index (χ3n) is 4.82. The zero-order valence-corrected chi connectivity index (χ0v) is 18.7. The van der Waals surface area contributed by atoms with Crippen LogP contribution in [0.4, 0.5) is 5.13 Å². The van der Waals surface area contributed by atoms with Crippen molar-refractivity contribution >= 4 is 34.6 Å². The third-order valence-corrected chi connectivity index (χ3v) is 5.89. The first-order chi connectivity index (χ1) is 15.1. The number of carbonyl (C=O) groups excluding carboxylic acids is 1. The van der Waals surface area contributed by atoms with Gasteiger partial charge in [0, 0.05) is 16.5 Å². The molecule has 0 atom stereocenters. The number of benzene rings is 2. The number of nitrogens with one attached hydrogen (secondary N) is 2. The molecule has 7 nitrogen and oxygen atoms in total. The lowest BCUT2D eigenvalue weighted by Gasteiger charge is -2.07. The summed E-state index contributed by atoms with van der Waals surface area (Å²) < 4.78 is 7.22. The highest BCUT2D eigenvalue weighted by Crippen LogP contribution is 2.26. The first-order valence-electron chi connectivity index (χ1n) is 9.71. The Kier molecular flexibility index (Phi) is 6.24. The molecule has 0 saturated heterocycles. The van der Waals surface area contributed by atoms with Gasteiger partial charge in [0.05, 0.1) is 12.8 Å². The number of thiazole rings is 1. The SMILES string of the molecule is CCc1ccc(-c2csc(NC(=O)Cn3c(-c4ccc(OC)cc4)n[nH]c3=S)n2)cc1. The monoisotopic (exact) mass is 451 g/mol. The first kappa shape index (κ1) is 21.0. The molecule has 2 heterocycles. The van der Waals surface area contributed by atoms with Crippen LogP contribution in [0.5, 0.6) is 5.75 Å². The minimum atomic E-state index is -0.227. The molecule has 0 aliphatic carbocycles. The minimum absolute atomic E-state index is 0.0246. The van der Waals surface area contributed by atoms with Crippen LogP contribution in [0.15, 0.2) is 53.9 Å². The smallest absolute Gasteiger partial charge is 0.246 e. The number of carbonyl (C=O) groups is 1. The Hall–Kier alpha value is -3.30. The van der Waals surface area contributed by atoms with Crippen LogP contribution < -0.4 is 10.1 Å². The molecule has 0 spiro atoms. The van der Waals surface area contributed by atoms with Crippen LogP contribution in [0.2, 0.25) is 0 Å². The second kappa shape index (κ2) is 9.23. The number of hydrogen-bond donors (Lipinski definition) is 2. The summed E-state index contributed by atoms with van der Waals surface area (Å²) in [5, 5.41) is 12.4. The standard InChI is InChI=1S/C22H21N5O2S2/c1-3-14-4-6-15(7-5-14)18-13-31-21(23-18)24-19(28)12-27-20(25-26-22(27)30)16-8-10-17(29-2)11-9-16/h4-11,13H,3,12H2,1-2H3,(H,26,30)(H,23,24,28). The summed E-state index contributed by atoms with van der Waals surface area (Å²) in [6.07, 6.45) is 0.994. The van der Waals surface area contributed by atoms with Crippen LogP contribution in [0.1, 0.15) is 12.5 Å². The Balaban J connectivity index is 1.47. The Morgan fingerprint density at radius 1 is 1.16 bits per heavy atom. The average Bonchev–Trinajstić information content (AvgIpc) is 3.41. The summed E-state index contributed by atoms with van der Waals surface area (Å²) >= 11 is 6.71. The van der Waals surface area contributed by atoms with Crippen molar-refractivity contribution < 1.29 is 9.53 Å². The van der Waals surface area contributed by atoms with Gasteiger partial charge in [0.1, 0.15) is 12.3 Å². The van der Waals surface area contributed by atoms with Crippen LogP contribution in [0.3, 0.4) is 0 Å². The molecule has 0 radical (unpaired) electrons. The van der Waals surface area contributed by atoms with Crippen LogP contribution in [0.25, 0.3) is 22.6 Å². The maximum Gasteiger partial charge on any atom is 0.246 e. The molecule has 0 saturated carbocycles. The largest absolute Gasteiger partial charge is 0.497 e. The number of hydrogen-bond acceptors (Lipinski definition) is 6. The van der Waals surface area contributed by atoms with Crippen molar-refractivity contribution in [3.63, 3.8) is 0 Å². The lowest BCUT2D eigenvalue weighted by Crippen LogP contribution is -2.19. The molecule has 4 rings (SSSR count). The van der Waals surface area contributed by atoms with Crippen molar-refractivity contribution in [2.45, 2.75) is 19.9 Å². The van der Waals surface area contributed by atoms with Gasteiger partial charge < -0.3 is 10.1 Å². The molecule has 31 heavy (non-hydrogen) atoms. The van der Waals surface area contributed by atoms with E-state index < -0.39 is 0 Å². The third kappa shape index (κ3) is 4.73. The zero-order valence-electron chi connectivity index (χ0n) is 17.1. The van der Waals surface area contributed by atoms with Gasteiger partial charge in [-0.1, -0.05) is 31.2 Å². The summed E-state index contributed by atoms with van der Waals surface area (Å²) in [6.45, 7) is 2.15. The van der Waals surface area contributed by atoms with E-state index in [1.807, 2.05) is 41.8 Å². The number of nitrogens with zero attached hydrogens (tertiary/aromatic N) is 3. The van der Waals surface area contributed by atoms with E-state index in [0.29, 0.717) is 15.7 Å². The predicted octanol–water partition coefficient (Wildman–Crippen LogP) is 4.94. The molecule has 1 amide bonds. The van der Waals surface area contributed by atoms with Gasteiger partial charge in [-0.05, 0) is 48.5 Å². The van der Waals surface area contributed by atoms with E-state index >= 15 is 0 Å². The van der Waals surface area contributed by atoms with Crippen LogP contribution in [-0.2, 0) is 17.8 Å². The Labute approximate surface area is 188 Å². The van der Waals surface area contributed by atoms with Gasteiger partial charge in [0.2, 0.25) is 5.91 Å². The van der Waals surface area contributed by atoms with Crippen molar-refractivity contribution in [1.82, 2.24) is 19.7 Å². The molecule has 9 heteroatoms. The molecule has 4 aromatic rings. The molecule has 0 fully saturated rings. The quantitative estimate of drug-likeness (QED) is 0.389. The second-order valence-electron chi connectivity index (χ2n) is 6.80. The molecular formula is C22H21N5O2S2. The number of rotatable bonds is 7. The second-order valence-corrected chi connectivity index (χ2v) is 8.05. The van der Waals surface area contributed by atoms with Crippen molar-refractivity contribution in [2.24, 2.45) is 0 Å². The number of H-pyrrole nitrogens is 1. The summed E-state index contributed by atoms with van der Waals surface area (Å²) in [6, 6.07) is 15.7. The highest BCUT2D eigenvalue weighted by atomic mass is 32.1. The molecule has 2 N–H and O–H groups in total. The minimum Gasteiger partial charge on any atom is -0.497 e. The van der Waals surface area contributed by atoms with E-state index in [0.717, 1.165) is 29.0 Å². The van der Waals surface area contributed by atoms with Crippen molar-refractivity contribution in [3.05, 3.63) is 64.2 Å². The summed E-state index contributed by atoms with van der Waals surface area (Å²) in [4.78, 5) is 17.2. The van der Waals surface area contributed by atoms with Gasteiger partial charge in [-0.2, -0.15) is 5.10 Å². The van der Waals surface area contributed by atoms with E-state index in [1.54, 1.807) is 11.7 Å². The number of anilines is 1. The molecule has 0 aliphatic rings. The van der Waals surface area contributed by atoms with E-state index in [-0.39, 0.29) is 12.5 Å². The van der Waals surface area contributed by atoms with Gasteiger partial charge in [0.25, 0.3) is 0 Å². The van der Waals surface area contributed by atoms with Crippen LogP contribution in [0, 0.1) is 4.77 Å². The molecule has 158 valence electrons. The molecule has 2 aromatic heterocycles. The molecule has 0 aliphatic heterocycles. The van der Waals surface area contributed by atoms with E-state index in [4.69, 9.17) is 17.0 Å². The van der Waals surface area contributed by atoms with Gasteiger partial charge in [0.15, 0.2) is 15.7 Å². The number of methoxy groups -OCH3 is 1. The predicted molar refractivity (Wildman–Crippen MR) is 125 cm³/mol. The Morgan fingerprint density at radius 3 is 2.55 bits per heavy atom. The molecule has 0 unspecified atom stereocenters. The first-order valence-corrected chi connectivity index (χ1v) is 11.0. The fraction of sp³-hybridized carbons (Fsp3) is 0.182. The average molecular weight is 452 g/mol. The summed E-state index contributed by atoms with van der Waals surface area (Å²) in [7, 11) is 1.61. The van der Waals surface area contributed by atoms with Crippen LogP contribution >= 0.6 is 23.6 Å². The number of amides is 1. The van der Waals surface area contributed by atoms with Gasteiger partial charge in [-0.15, -0.1) is 11.3 Å². The van der Waals surface area contributed by atoms with Gasteiger partial charge >= 0.3 is 0 Å². The maximum atomic E-state index is 12.7. The topological polar surface area (TPSA) is 84.8 Å². The van der Waals surface area contributed by atoms with Gasteiger partial charge in [-0.3, -0.25) is 14.5 Å². The summed E-state index contributed by atoms with van der Waals surface area (Å²) in [5.74, 6) is 1.10. The van der Waals surface area contributed by atoms with E-state index in [1.165, 1.54) is 16.9 Å². The van der Waals surface area contributed by atoms with E-state index in [9.17, 15) is 4.79 Å². The molecule has 2 aromatic carbocycles. The zero-order chi connectivity index (χ0) is 21.8. The Morgan fingerprint density at radius 2 is 1.87 bits per heavy atom. The molecule has 0 bridgehead atoms. The highest BCUT2D eigenvalue weighted by molar-refractivity contribution is 7.71. The molecular weight excluding hydrogens is 430 g/mol. The van der Waals surface area contributed by atoms with Crippen molar-refractivity contribution in [2.75, 3.05) is 12.4 Å². The normalized spacial score (nSPS) is 10.8. The number of aromatic nitrogens is 4. The van der Waals surface area contributed by atoms with Crippen LogP contribution in [-0.4, -0.2) is 32.8 Å². The highest BCUT2D eigenvalue weighted by Gasteiger charge is 2.14. The number of ether oxygens (including phenoxy) is 1. The lowest BCUT2D eigenvalue weighted by atomic mass is 10.1. The number of aryl methyl sites for hydroxylation is 1. The Bertz CT molecular complexity index is 1240. The van der Waals surface area contributed by atoms with E-state index in [2.05, 4.69) is 39.6 Å². The van der Waals surface area contributed by atoms with Gasteiger partial charge in [-0.25, -0.2) is 4.98 Å².